The maximum absolute atomic E-state index is 4.39. The third-order valence-corrected chi connectivity index (χ3v) is 6.68. The van der Waals surface area contributed by atoms with E-state index in [-0.39, 0.29) is 6.04 Å². The van der Waals surface area contributed by atoms with Gasteiger partial charge >= 0.3 is 0 Å². The molecule has 0 spiro atoms. The fraction of sp³-hybridized carbons (Fsp3) is 0.294. The molecule has 0 saturated carbocycles. The average Bonchev–Trinajstić information content (AvgIpc) is 2.96. The quantitative estimate of drug-likeness (QED) is 0.240. The van der Waals surface area contributed by atoms with Crippen molar-refractivity contribution < 1.29 is 0 Å². The van der Waals surface area contributed by atoms with Crippen molar-refractivity contribution in [1.82, 2.24) is 20.6 Å². The van der Waals surface area contributed by atoms with Crippen LogP contribution in [0.2, 0.25) is 0 Å². The summed E-state index contributed by atoms with van der Waals surface area (Å²) in [6.07, 6.45) is 7.04. The van der Waals surface area contributed by atoms with Gasteiger partial charge in [-0.05, 0) is 75.9 Å². The van der Waals surface area contributed by atoms with Gasteiger partial charge in [0.2, 0.25) is 0 Å². The van der Waals surface area contributed by atoms with Gasteiger partial charge in [-0.2, -0.15) is 0 Å². The summed E-state index contributed by atoms with van der Waals surface area (Å²) in [5, 5.41) is 7.22. The first-order valence-electron chi connectivity index (χ1n) is 13.6. The lowest BCUT2D eigenvalue weighted by molar-refractivity contribution is 0.455. The molecule has 198 valence electrons. The van der Waals surface area contributed by atoms with Crippen molar-refractivity contribution in [3.05, 3.63) is 137 Å². The van der Waals surface area contributed by atoms with Gasteiger partial charge in [-0.3, -0.25) is 9.97 Å². The molecule has 2 aromatic carbocycles. The molecule has 0 aliphatic heterocycles. The van der Waals surface area contributed by atoms with Crippen molar-refractivity contribution in [2.45, 2.75) is 66.1 Å². The molecule has 2 N–H and O–H groups in total. The van der Waals surface area contributed by atoms with E-state index < -0.39 is 0 Å². The molecule has 2 aromatic heterocycles. The van der Waals surface area contributed by atoms with E-state index >= 15 is 0 Å². The fourth-order valence-electron chi connectivity index (χ4n) is 4.29. The highest BCUT2D eigenvalue weighted by molar-refractivity contribution is 5.63. The molecule has 1 unspecified atom stereocenters. The van der Waals surface area contributed by atoms with Crippen LogP contribution in [0.1, 0.15) is 85.9 Å². The number of nitrogens with one attached hydrogen (secondary N) is 2. The van der Waals surface area contributed by atoms with Crippen LogP contribution in [-0.4, -0.2) is 9.97 Å². The molecule has 0 fully saturated rings. The van der Waals surface area contributed by atoms with Crippen LogP contribution in [0.4, 0.5) is 0 Å². The molecule has 4 rings (SSSR count). The van der Waals surface area contributed by atoms with Gasteiger partial charge in [0.25, 0.3) is 0 Å². The lowest BCUT2D eigenvalue weighted by atomic mass is 10.0. The van der Waals surface area contributed by atoms with Gasteiger partial charge in [-0.25, -0.2) is 0 Å². The van der Waals surface area contributed by atoms with E-state index in [4.69, 9.17) is 0 Å². The highest BCUT2D eigenvalue weighted by atomic mass is 14.9. The Labute approximate surface area is 229 Å². The van der Waals surface area contributed by atoms with Crippen LogP contribution < -0.4 is 10.6 Å². The summed E-state index contributed by atoms with van der Waals surface area (Å²) < 4.78 is 0. The topological polar surface area (TPSA) is 49.8 Å². The molecule has 38 heavy (non-hydrogen) atoms. The number of hydrogen-bond acceptors (Lipinski definition) is 4. The van der Waals surface area contributed by atoms with Gasteiger partial charge < -0.3 is 10.6 Å². The summed E-state index contributed by atoms with van der Waals surface area (Å²) in [4.78, 5) is 8.74. The molecule has 0 aliphatic rings. The van der Waals surface area contributed by atoms with Crippen LogP contribution in [0.15, 0.2) is 103 Å². The van der Waals surface area contributed by atoms with E-state index in [0.29, 0.717) is 12.1 Å². The first-order valence-corrected chi connectivity index (χ1v) is 13.6. The zero-order valence-electron chi connectivity index (χ0n) is 23.6. The van der Waals surface area contributed by atoms with Crippen LogP contribution >= 0.6 is 0 Å². The Balaban J connectivity index is 0.000000211. The van der Waals surface area contributed by atoms with Crippen LogP contribution in [0.3, 0.4) is 0 Å². The van der Waals surface area contributed by atoms with E-state index in [0.717, 1.165) is 29.1 Å². The van der Waals surface area contributed by atoms with E-state index in [1.807, 2.05) is 45.3 Å². The number of hydrogen-bond donors (Lipinski definition) is 2. The standard InChI is InChI=1S/C17H22N2.C17H20N2/c2*1-4-17(16-11-10-13(2)18-12-16)19-14(3)15-8-6-5-7-9-15/h5-12,14,17,19H,4H2,1-3H3;4-12,14,19H,1-3H3/b;17-4-/t14-,17?;14-/m00/s1. The second kappa shape index (κ2) is 14.8. The number of nitrogens with zero attached hydrogens (tertiary/aromatic N) is 2. The second-order valence-electron chi connectivity index (χ2n) is 9.66. The largest absolute Gasteiger partial charge is 0.378 e. The summed E-state index contributed by atoms with van der Waals surface area (Å²) >= 11 is 0. The zero-order chi connectivity index (χ0) is 27.3. The van der Waals surface area contributed by atoms with Gasteiger partial charge in [0.1, 0.15) is 0 Å². The Bertz CT molecular complexity index is 1230. The third kappa shape index (κ3) is 8.67. The highest BCUT2D eigenvalue weighted by Crippen LogP contribution is 2.22. The van der Waals surface area contributed by atoms with Crippen LogP contribution in [0, 0.1) is 13.8 Å². The molecule has 0 amide bonds. The summed E-state index contributed by atoms with van der Waals surface area (Å²) in [5.41, 5.74) is 8.20. The van der Waals surface area contributed by atoms with E-state index in [1.165, 1.54) is 16.7 Å². The Morgan fingerprint density at radius 3 is 1.74 bits per heavy atom. The number of pyridine rings is 2. The predicted octanol–water partition coefficient (Wildman–Crippen LogP) is 8.29. The third-order valence-electron chi connectivity index (χ3n) is 6.68. The lowest BCUT2D eigenvalue weighted by Crippen LogP contribution is -2.24. The summed E-state index contributed by atoms with van der Waals surface area (Å²) in [7, 11) is 0. The summed E-state index contributed by atoms with van der Waals surface area (Å²) in [5.74, 6) is 0. The monoisotopic (exact) mass is 506 g/mol. The van der Waals surface area contributed by atoms with E-state index in [1.54, 1.807) is 0 Å². The fourth-order valence-corrected chi connectivity index (χ4v) is 4.29. The Kier molecular flexibility index (Phi) is 11.3. The van der Waals surface area contributed by atoms with Gasteiger partial charge in [0.05, 0.1) is 0 Å². The van der Waals surface area contributed by atoms with Crippen molar-refractivity contribution in [1.29, 1.82) is 0 Å². The maximum atomic E-state index is 4.39. The van der Waals surface area contributed by atoms with Gasteiger partial charge in [-0.1, -0.05) is 79.7 Å². The van der Waals surface area contributed by atoms with Crippen LogP contribution in [0.5, 0.6) is 0 Å². The minimum absolute atomic E-state index is 0.272. The molecular formula is C34H42N4. The molecular weight excluding hydrogens is 464 g/mol. The molecule has 3 atom stereocenters. The van der Waals surface area contributed by atoms with Crippen molar-refractivity contribution in [2.24, 2.45) is 0 Å². The van der Waals surface area contributed by atoms with Crippen molar-refractivity contribution in [3.8, 4) is 0 Å². The lowest BCUT2D eigenvalue weighted by Gasteiger charge is -2.23. The smallest absolute Gasteiger partial charge is 0.0485 e. The average molecular weight is 507 g/mol. The Morgan fingerprint density at radius 2 is 1.26 bits per heavy atom. The highest BCUT2D eigenvalue weighted by Gasteiger charge is 2.13. The van der Waals surface area contributed by atoms with E-state index in [2.05, 4.69) is 120 Å². The zero-order valence-corrected chi connectivity index (χ0v) is 23.6. The molecule has 0 radical (unpaired) electrons. The van der Waals surface area contributed by atoms with Gasteiger partial charge in [0.15, 0.2) is 0 Å². The Hall–Kier alpha value is -3.76. The summed E-state index contributed by atoms with van der Waals surface area (Å²) in [6, 6.07) is 30.3. The SMILES string of the molecule is C/C=C(\N[C@@H](C)c1ccccc1)c1ccc(C)nc1.CCC(N[C@@H](C)c1ccccc1)c1ccc(C)nc1. The summed E-state index contributed by atoms with van der Waals surface area (Å²) in [6.45, 7) is 12.6. The number of rotatable bonds is 9. The molecule has 4 nitrogen and oxygen atoms in total. The van der Waals surface area contributed by atoms with Crippen LogP contribution in [0.25, 0.3) is 5.70 Å². The van der Waals surface area contributed by atoms with Crippen molar-refractivity contribution >= 4 is 5.70 Å². The molecule has 0 aliphatic carbocycles. The molecule has 2 heterocycles. The number of aromatic nitrogens is 2. The molecule has 0 bridgehead atoms. The van der Waals surface area contributed by atoms with Crippen molar-refractivity contribution in [2.75, 3.05) is 0 Å². The molecule has 4 heteroatoms. The normalized spacial score (nSPS) is 13.6. The number of benzene rings is 2. The number of aryl methyl sites for hydroxylation is 2. The van der Waals surface area contributed by atoms with E-state index in [9.17, 15) is 0 Å². The van der Waals surface area contributed by atoms with Gasteiger partial charge in [-0.15, -0.1) is 0 Å². The van der Waals surface area contributed by atoms with Crippen LogP contribution in [-0.2, 0) is 0 Å². The maximum Gasteiger partial charge on any atom is 0.0485 e. The predicted molar refractivity (Wildman–Crippen MR) is 161 cm³/mol. The minimum atomic E-state index is 0.272. The molecule has 0 saturated heterocycles. The first kappa shape index (κ1) is 28.8. The molecule has 4 aromatic rings. The minimum Gasteiger partial charge on any atom is -0.378 e. The van der Waals surface area contributed by atoms with Gasteiger partial charge in [0, 0.05) is 53.2 Å². The number of allylic oxidation sites excluding steroid dienone is 1. The first-order chi connectivity index (χ1) is 18.4. The van der Waals surface area contributed by atoms with Crippen molar-refractivity contribution in [3.63, 3.8) is 0 Å². The second-order valence-corrected chi connectivity index (χ2v) is 9.66. The Morgan fingerprint density at radius 1 is 0.711 bits per heavy atom.